The van der Waals surface area contributed by atoms with Gasteiger partial charge in [-0.25, -0.2) is 17.2 Å². The first-order valence-corrected chi connectivity index (χ1v) is 10.2. The second kappa shape index (κ2) is 8.59. The number of hydrogen-bond donors (Lipinski definition) is 1. The lowest BCUT2D eigenvalue weighted by molar-refractivity contribution is -0.114. The number of halogens is 3. The lowest BCUT2D eigenvalue weighted by Gasteiger charge is -2.24. The summed E-state index contributed by atoms with van der Waals surface area (Å²) in [7, 11) is -4.22. The van der Waals surface area contributed by atoms with Crippen LogP contribution in [-0.2, 0) is 14.8 Å². The Bertz CT molecular complexity index is 1120. The molecule has 5 nitrogen and oxygen atoms in total. The van der Waals surface area contributed by atoms with E-state index in [0.717, 1.165) is 40.7 Å². The molecule has 0 saturated carbocycles. The molecule has 150 valence electrons. The van der Waals surface area contributed by atoms with Crippen molar-refractivity contribution in [2.75, 3.05) is 16.2 Å². The minimum absolute atomic E-state index is 0.0805. The predicted molar refractivity (Wildman–Crippen MR) is 107 cm³/mol. The number of rotatable bonds is 6. The fraction of sp³-hybridized carbons (Fsp3) is 0.0500. The average Bonchev–Trinajstić information content (AvgIpc) is 2.67. The monoisotopic (exact) mass is 436 g/mol. The molecule has 0 aliphatic rings. The maximum Gasteiger partial charge on any atom is 0.264 e. The molecule has 1 amide bonds. The Kier molecular flexibility index (Phi) is 6.14. The van der Waals surface area contributed by atoms with Gasteiger partial charge in [-0.3, -0.25) is 9.10 Å². The van der Waals surface area contributed by atoms with Gasteiger partial charge in [0.1, 0.15) is 18.2 Å². The van der Waals surface area contributed by atoms with E-state index in [-0.39, 0.29) is 10.6 Å². The topological polar surface area (TPSA) is 66.5 Å². The van der Waals surface area contributed by atoms with Gasteiger partial charge in [-0.1, -0.05) is 17.7 Å². The van der Waals surface area contributed by atoms with Crippen LogP contribution in [0.2, 0.25) is 5.02 Å². The molecule has 3 aromatic carbocycles. The fourth-order valence-corrected chi connectivity index (χ4v) is 4.16. The first-order valence-electron chi connectivity index (χ1n) is 8.35. The maximum absolute atomic E-state index is 13.3. The Morgan fingerprint density at radius 3 is 2.10 bits per heavy atom. The number of nitrogens with one attached hydrogen (secondary N) is 1. The Balaban J connectivity index is 1.93. The molecule has 1 N–H and O–H groups in total. The van der Waals surface area contributed by atoms with Crippen molar-refractivity contribution in [3.8, 4) is 0 Å². The van der Waals surface area contributed by atoms with Crippen molar-refractivity contribution in [2.45, 2.75) is 4.90 Å². The number of benzene rings is 3. The third kappa shape index (κ3) is 5.10. The molecule has 0 heterocycles. The van der Waals surface area contributed by atoms with E-state index >= 15 is 0 Å². The zero-order valence-corrected chi connectivity index (χ0v) is 16.4. The number of sulfonamides is 1. The van der Waals surface area contributed by atoms with Crippen molar-refractivity contribution in [3.63, 3.8) is 0 Å². The third-order valence-corrected chi connectivity index (χ3v) is 5.94. The van der Waals surface area contributed by atoms with Gasteiger partial charge in [-0.15, -0.1) is 0 Å². The molecule has 0 bridgehead atoms. The first kappa shape index (κ1) is 20.8. The van der Waals surface area contributed by atoms with Crippen molar-refractivity contribution in [2.24, 2.45) is 0 Å². The summed E-state index contributed by atoms with van der Waals surface area (Å²) in [5.41, 5.74) is 0.470. The van der Waals surface area contributed by atoms with Gasteiger partial charge < -0.3 is 5.32 Å². The van der Waals surface area contributed by atoms with Crippen molar-refractivity contribution >= 4 is 38.9 Å². The molecule has 0 saturated heterocycles. The standard InChI is InChI=1S/C20H15ClF2N2O3S/c21-14-2-1-3-17(12-14)24-20(26)13-25(18-8-4-15(22)5-9-18)29(27,28)19-10-6-16(23)7-11-19/h1-12H,13H2,(H,24,26). The van der Waals surface area contributed by atoms with Crippen molar-refractivity contribution in [1.29, 1.82) is 0 Å². The molecule has 0 aliphatic carbocycles. The lowest BCUT2D eigenvalue weighted by Crippen LogP contribution is -2.38. The summed E-state index contributed by atoms with van der Waals surface area (Å²) >= 11 is 5.89. The summed E-state index contributed by atoms with van der Waals surface area (Å²) in [5, 5.41) is 2.96. The molecule has 0 aromatic heterocycles. The van der Waals surface area contributed by atoms with Crippen LogP contribution >= 0.6 is 11.6 Å². The minimum atomic E-state index is -4.22. The lowest BCUT2D eigenvalue weighted by atomic mass is 10.3. The molecule has 0 unspecified atom stereocenters. The van der Waals surface area contributed by atoms with E-state index in [1.807, 2.05) is 0 Å². The number of carbonyl (C=O) groups excluding carboxylic acids is 1. The number of amides is 1. The van der Waals surface area contributed by atoms with E-state index in [9.17, 15) is 22.0 Å². The summed E-state index contributed by atoms with van der Waals surface area (Å²) in [6, 6.07) is 15.2. The number of nitrogens with zero attached hydrogens (tertiary/aromatic N) is 1. The molecule has 0 spiro atoms. The molecule has 0 fully saturated rings. The number of hydrogen-bond acceptors (Lipinski definition) is 3. The van der Waals surface area contributed by atoms with Gasteiger partial charge in [0.05, 0.1) is 10.6 Å². The molecule has 29 heavy (non-hydrogen) atoms. The van der Waals surface area contributed by atoms with Gasteiger partial charge in [0.15, 0.2) is 0 Å². The van der Waals surface area contributed by atoms with E-state index in [4.69, 9.17) is 11.6 Å². The second-order valence-electron chi connectivity index (χ2n) is 6.00. The van der Waals surface area contributed by atoms with E-state index in [1.165, 1.54) is 18.2 Å². The Morgan fingerprint density at radius 1 is 0.931 bits per heavy atom. The van der Waals surface area contributed by atoms with Crippen LogP contribution in [0, 0.1) is 11.6 Å². The highest BCUT2D eigenvalue weighted by atomic mass is 35.5. The van der Waals surface area contributed by atoms with Crippen LogP contribution < -0.4 is 9.62 Å². The molecule has 0 radical (unpaired) electrons. The van der Waals surface area contributed by atoms with Gasteiger partial charge in [-0.2, -0.15) is 0 Å². The number of anilines is 2. The molecular weight excluding hydrogens is 422 g/mol. The predicted octanol–water partition coefficient (Wildman–Crippen LogP) is 4.45. The molecule has 9 heteroatoms. The van der Waals surface area contributed by atoms with Gasteiger partial charge in [0.2, 0.25) is 5.91 Å². The van der Waals surface area contributed by atoms with Gasteiger partial charge in [-0.05, 0) is 66.7 Å². The van der Waals surface area contributed by atoms with Crippen LogP contribution in [0.5, 0.6) is 0 Å². The van der Waals surface area contributed by atoms with Crippen LogP contribution in [0.3, 0.4) is 0 Å². The molecular formula is C20H15ClF2N2O3S. The molecule has 3 rings (SSSR count). The quantitative estimate of drug-likeness (QED) is 0.620. The summed E-state index contributed by atoms with van der Waals surface area (Å²) in [4.78, 5) is 12.3. The Morgan fingerprint density at radius 2 is 1.52 bits per heavy atom. The van der Waals surface area contributed by atoms with Crippen LogP contribution in [0.1, 0.15) is 0 Å². The highest BCUT2D eigenvalue weighted by Crippen LogP contribution is 2.24. The maximum atomic E-state index is 13.3. The molecule has 0 aliphatic heterocycles. The first-order chi connectivity index (χ1) is 13.8. The van der Waals surface area contributed by atoms with Crippen LogP contribution in [0.25, 0.3) is 0 Å². The Labute approximate surface area is 171 Å². The van der Waals surface area contributed by atoms with E-state index in [2.05, 4.69) is 5.32 Å². The van der Waals surface area contributed by atoms with Gasteiger partial charge in [0.25, 0.3) is 10.0 Å². The fourth-order valence-electron chi connectivity index (χ4n) is 2.55. The van der Waals surface area contributed by atoms with E-state index in [0.29, 0.717) is 10.7 Å². The SMILES string of the molecule is O=C(CN(c1ccc(F)cc1)S(=O)(=O)c1ccc(F)cc1)Nc1cccc(Cl)c1. The molecule has 3 aromatic rings. The zero-order valence-electron chi connectivity index (χ0n) is 14.8. The highest BCUT2D eigenvalue weighted by molar-refractivity contribution is 7.92. The van der Waals surface area contributed by atoms with E-state index < -0.39 is 34.1 Å². The Hall–Kier alpha value is -2.97. The molecule has 0 atom stereocenters. The van der Waals surface area contributed by atoms with Crippen LogP contribution in [-0.4, -0.2) is 20.9 Å². The van der Waals surface area contributed by atoms with Crippen molar-refractivity contribution < 1.29 is 22.0 Å². The average molecular weight is 437 g/mol. The summed E-state index contributed by atoms with van der Waals surface area (Å²) in [6.07, 6.45) is 0. The summed E-state index contributed by atoms with van der Waals surface area (Å²) < 4.78 is 53.5. The normalized spacial score (nSPS) is 11.1. The summed E-state index contributed by atoms with van der Waals surface area (Å²) in [6.45, 7) is -0.585. The van der Waals surface area contributed by atoms with Crippen LogP contribution in [0.15, 0.2) is 77.7 Å². The largest absolute Gasteiger partial charge is 0.324 e. The summed E-state index contributed by atoms with van der Waals surface area (Å²) in [5.74, 6) is -1.80. The van der Waals surface area contributed by atoms with Gasteiger partial charge >= 0.3 is 0 Å². The second-order valence-corrected chi connectivity index (χ2v) is 8.30. The van der Waals surface area contributed by atoms with Crippen LogP contribution in [0.4, 0.5) is 20.2 Å². The number of carbonyl (C=O) groups is 1. The van der Waals surface area contributed by atoms with Gasteiger partial charge in [0, 0.05) is 10.7 Å². The smallest absolute Gasteiger partial charge is 0.264 e. The zero-order chi connectivity index (χ0) is 21.0. The van der Waals surface area contributed by atoms with Crippen molar-refractivity contribution in [3.05, 3.63) is 89.5 Å². The minimum Gasteiger partial charge on any atom is -0.324 e. The van der Waals surface area contributed by atoms with Crippen molar-refractivity contribution in [1.82, 2.24) is 0 Å². The van der Waals surface area contributed by atoms with E-state index in [1.54, 1.807) is 18.2 Å². The highest BCUT2D eigenvalue weighted by Gasteiger charge is 2.27. The third-order valence-electron chi connectivity index (χ3n) is 3.91.